The molecule has 0 unspecified atom stereocenters. The number of amides is 1. The van der Waals surface area contributed by atoms with Crippen molar-refractivity contribution in [3.8, 4) is 12.3 Å². The van der Waals surface area contributed by atoms with Gasteiger partial charge >= 0.3 is 0 Å². The maximum absolute atomic E-state index is 11.9. The molecule has 1 aromatic rings. The first-order valence-corrected chi connectivity index (χ1v) is 5.55. The highest BCUT2D eigenvalue weighted by Crippen LogP contribution is 2.48. The lowest BCUT2D eigenvalue weighted by Gasteiger charge is -2.14. The first-order valence-electron chi connectivity index (χ1n) is 5.17. The second-order valence-corrected chi connectivity index (χ2v) is 4.42. The Balaban J connectivity index is 2.20. The third-order valence-electron chi connectivity index (χ3n) is 2.91. The number of rotatable bonds is 3. The van der Waals surface area contributed by atoms with Gasteiger partial charge in [0, 0.05) is 5.02 Å². The highest BCUT2D eigenvalue weighted by Gasteiger charge is 2.51. The summed E-state index contributed by atoms with van der Waals surface area (Å²) >= 11 is 5.92. The second kappa shape index (κ2) is 4.19. The zero-order valence-electron chi connectivity index (χ0n) is 8.79. The number of benzene rings is 1. The van der Waals surface area contributed by atoms with Crippen LogP contribution in [0.5, 0.6) is 0 Å². The van der Waals surface area contributed by atoms with Gasteiger partial charge in [-0.3, -0.25) is 4.79 Å². The van der Waals surface area contributed by atoms with Crippen molar-refractivity contribution in [3.05, 3.63) is 34.9 Å². The van der Waals surface area contributed by atoms with Crippen LogP contribution in [0.3, 0.4) is 0 Å². The predicted octanol–water partition coefficient (Wildman–Crippen LogP) is 2.12. The molecule has 1 aliphatic rings. The second-order valence-electron chi connectivity index (χ2n) is 3.98. The number of nitrogens with one attached hydrogen (secondary N) is 1. The molecule has 1 N–H and O–H groups in total. The largest absolute Gasteiger partial charge is 0.344 e. The van der Waals surface area contributed by atoms with Crippen LogP contribution >= 0.6 is 11.6 Å². The van der Waals surface area contributed by atoms with Crippen LogP contribution in [0.4, 0.5) is 0 Å². The summed E-state index contributed by atoms with van der Waals surface area (Å²) in [6.45, 7) is 0.279. The molecule has 1 aromatic carbocycles. The monoisotopic (exact) mass is 233 g/mol. The molecule has 0 radical (unpaired) electrons. The van der Waals surface area contributed by atoms with E-state index in [-0.39, 0.29) is 17.9 Å². The summed E-state index contributed by atoms with van der Waals surface area (Å²) in [5.41, 5.74) is 0.594. The van der Waals surface area contributed by atoms with Crippen molar-refractivity contribution in [2.75, 3.05) is 6.54 Å². The quantitative estimate of drug-likeness (QED) is 0.797. The molecular weight excluding hydrogens is 222 g/mol. The Morgan fingerprint density at radius 3 is 2.88 bits per heavy atom. The minimum absolute atomic E-state index is 0.00715. The number of terminal acetylenes is 1. The fourth-order valence-corrected chi connectivity index (χ4v) is 2.05. The van der Waals surface area contributed by atoms with E-state index < -0.39 is 0 Å². The van der Waals surface area contributed by atoms with Gasteiger partial charge in [-0.25, -0.2) is 0 Å². The van der Waals surface area contributed by atoms with Crippen LogP contribution in [0.2, 0.25) is 5.02 Å². The zero-order chi connectivity index (χ0) is 11.6. The lowest BCUT2D eigenvalue weighted by atomic mass is 9.95. The molecular formula is C13H12ClNO. The normalized spacial score (nSPS) is 16.2. The van der Waals surface area contributed by atoms with E-state index in [9.17, 15) is 4.79 Å². The van der Waals surface area contributed by atoms with E-state index >= 15 is 0 Å². The van der Waals surface area contributed by atoms with Crippen LogP contribution in [0.25, 0.3) is 0 Å². The maximum Gasteiger partial charge on any atom is 0.231 e. The molecule has 0 bridgehead atoms. The maximum atomic E-state index is 11.9. The Morgan fingerprint density at radius 1 is 1.56 bits per heavy atom. The van der Waals surface area contributed by atoms with Crippen LogP contribution in [-0.2, 0) is 10.2 Å². The molecule has 1 aliphatic carbocycles. The summed E-state index contributed by atoms with van der Waals surface area (Å²) in [6.07, 6.45) is 6.85. The van der Waals surface area contributed by atoms with Crippen LogP contribution < -0.4 is 5.32 Å². The molecule has 82 valence electrons. The van der Waals surface area contributed by atoms with Gasteiger partial charge in [0.15, 0.2) is 0 Å². The summed E-state index contributed by atoms with van der Waals surface area (Å²) in [5, 5.41) is 3.40. The Labute approximate surface area is 100.0 Å². The Bertz CT molecular complexity index is 457. The summed E-state index contributed by atoms with van der Waals surface area (Å²) < 4.78 is 0. The van der Waals surface area contributed by atoms with Crippen molar-refractivity contribution in [3.63, 3.8) is 0 Å². The summed E-state index contributed by atoms with van der Waals surface area (Å²) in [6, 6.07) is 7.46. The summed E-state index contributed by atoms with van der Waals surface area (Å²) in [4.78, 5) is 11.9. The van der Waals surface area contributed by atoms with Gasteiger partial charge < -0.3 is 5.32 Å². The molecule has 3 heteroatoms. The van der Waals surface area contributed by atoms with Crippen molar-refractivity contribution >= 4 is 17.5 Å². The minimum Gasteiger partial charge on any atom is -0.344 e. The SMILES string of the molecule is C#CCNC(=O)C1(c2cccc(Cl)c2)CC1. The Kier molecular flexibility index (Phi) is 2.89. The van der Waals surface area contributed by atoms with E-state index in [1.807, 2.05) is 18.2 Å². The molecule has 0 heterocycles. The lowest BCUT2D eigenvalue weighted by Crippen LogP contribution is -2.34. The van der Waals surface area contributed by atoms with Crippen molar-refractivity contribution in [2.45, 2.75) is 18.3 Å². The molecule has 0 saturated heterocycles. The number of halogens is 1. The molecule has 0 atom stereocenters. The van der Waals surface area contributed by atoms with Gasteiger partial charge in [-0.2, -0.15) is 0 Å². The molecule has 0 spiro atoms. The van der Waals surface area contributed by atoms with E-state index in [4.69, 9.17) is 18.0 Å². The standard InChI is InChI=1S/C13H12ClNO/c1-2-8-15-12(16)13(6-7-13)10-4-3-5-11(14)9-10/h1,3-5,9H,6-8H2,(H,15,16). The van der Waals surface area contributed by atoms with Gasteiger partial charge in [0.2, 0.25) is 5.91 Å². The first kappa shape index (κ1) is 11.0. The molecule has 1 fully saturated rings. The Morgan fingerprint density at radius 2 is 2.31 bits per heavy atom. The highest BCUT2D eigenvalue weighted by atomic mass is 35.5. The molecule has 2 nitrogen and oxygen atoms in total. The number of hydrogen-bond acceptors (Lipinski definition) is 1. The molecule has 16 heavy (non-hydrogen) atoms. The lowest BCUT2D eigenvalue weighted by molar-refractivity contribution is -0.123. The van der Waals surface area contributed by atoms with Gasteiger partial charge in [0.25, 0.3) is 0 Å². The van der Waals surface area contributed by atoms with E-state index in [1.54, 1.807) is 6.07 Å². The third kappa shape index (κ3) is 1.91. The van der Waals surface area contributed by atoms with Crippen LogP contribution in [0, 0.1) is 12.3 Å². The van der Waals surface area contributed by atoms with Crippen molar-refractivity contribution in [1.29, 1.82) is 0 Å². The number of carbonyl (C=O) groups is 1. The smallest absolute Gasteiger partial charge is 0.231 e. The van der Waals surface area contributed by atoms with Gasteiger partial charge in [-0.1, -0.05) is 29.7 Å². The third-order valence-corrected chi connectivity index (χ3v) is 3.15. The molecule has 1 amide bonds. The van der Waals surface area contributed by atoms with Crippen molar-refractivity contribution in [2.24, 2.45) is 0 Å². The number of hydrogen-bond donors (Lipinski definition) is 1. The average molecular weight is 234 g/mol. The summed E-state index contributed by atoms with van der Waals surface area (Å²) in [5.74, 6) is 2.41. The van der Waals surface area contributed by atoms with Crippen LogP contribution in [0.1, 0.15) is 18.4 Å². The zero-order valence-corrected chi connectivity index (χ0v) is 9.55. The van der Waals surface area contributed by atoms with Gasteiger partial charge in [0.05, 0.1) is 12.0 Å². The molecule has 0 aromatic heterocycles. The van der Waals surface area contributed by atoms with Crippen molar-refractivity contribution in [1.82, 2.24) is 5.32 Å². The fraction of sp³-hybridized carbons (Fsp3) is 0.308. The molecule has 2 rings (SSSR count). The highest BCUT2D eigenvalue weighted by molar-refractivity contribution is 6.30. The number of carbonyl (C=O) groups excluding carboxylic acids is 1. The van der Waals surface area contributed by atoms with Gasteiger partial charge in [-0.05, 0) is 30.5 Å². The predicted molar refractivity (Wildman–Crippen MR) is 64.2 cm³/mol. The van der Waals surface area contributed by atoms with E-state index in [0.29, 0.717) is 5.02 Å². The molecule has 0 aliphatic heterocycles. The van der Waals surface area contributed by atoms with Gasteiger partial charge in [0.1, 0.15) is 0 Å². The molecule has 1 saturated carbocycles. The van der Waals surface area contributed by atoms with E-state index in [1.165, 1.54) is 0 Å². The van der Waals surface area contributed by atoms with Crippen molar-refractivity contribution < 1.29 is 4.79 Å². The average Bonchev–Trinajstić information content (AvgIpc) is 3.07. The minimum atomic E-state index is -0.387. The van der Waals surface area contributed by atoms with Gasteiger partial charge in [-0.15, -0.1) is 6.42 Å². The fourth-order valence-electron chi connectivity index (χ4n) is 1.86. The topological polar surface area (TPSA) is 29.1 Å². The van der Waals surface area contributed by atoms with Crippen LogP contribution in [-0.4, -0.2) is 12.5 Å². The first-order chi connectivity index (χ1) is 7.69. The Hall–Kier alpha value is -1.46. The van der Waals surface area contributed by atoms with E-state index in [0.717, 1.165) is 18.4 Å². The van der Waals surface area contributed by atoms with Crippen LogP contribution in [0.15, 0.2) is 24.3 Å². The van der Waals surface area contributed by atoms with E-state index in [2.05, 4.69) is 11.2 Å². The summed E-state index contributed by atoms with van der Waals surface area (Å²) in [7, 11) is 0.